The fourth-order valence-electron chi connectivity index (χ4n) is 1.64. The van der Waals surface area contributed by atoms with Crippen molar-refractivity contribution in [1.29, 1.82) is 5.26 Å². The highest BCUT2D eigenvalue weighted by atomic mass is 32.2. The molecule has 0 fully saturated rings. The van der Waals surface area contributed by atoms with E-state index in [0.717, 1.165) is 0 Å². The number of aromatic nitrogens is 1. The molecular formula is C15H13N5OS. The Morgan fingerprint density at radius 2 is 2.18 bits per heavy atom. The third kappa shape index (κ3) is 4.33. The van der Waals surface area contributed by atoms with Gasteiger partial charge in [0.2, 0.25) is 0 Å². The van der Waals surface area contributed by atoms with E-state index in [1.54, 1.807) is 48.7 Å². The van der Waals surface area contributed by atoms with Crippen LogP contribution in [-0.4, -0.2) is 22.3 Å². The van der Waals surface area contributed by atoms with E-state index >= 15 is 0 Å². The molecule has 7 heteroatoms. The number of nitrogens with one attached hydrogen (secondary N) is 2. The minimum atomic E-state index is -0.290. The molecular weight excluding hydrogens is 298 g/mol. The van der Waals surface area contributed by atoms with Crippen LogP contribution in [0.15, 0.2) is 53.7 Å². The highest BCUT2D eigenvalue weighted by Gasteiger charge is 2.07. The van der Waals surface area contributed by atoms with Crippen molar-refractivity contribution < 1.29 is 4.79 Å². The van der Waals surface area contributed by atoms with Gasteiger partial charge in [0.25, 0.3) is 5.91 Å². The van der Waals surface area contributed by atoms with Crippen molar-refractivity contribution in [2.45, 2.75) is 0 Å². The lowest BCUT2D eigenvalue weighted by Crippen LogP contribution is -2.13. The normalized spacial score (nSPS) is 10.6. The van der Waals surface area contributed by atoms with Crippen molar-refractivity contribution >= 4 is 34.2 Å². The summed E-state index contributed by atoms with van der Waals surface area (Å²) in [7, 11) is 0. The van der Waals surface area contributed by atoms with E-state index in [1.807, 2.05) is 12.4 Å². The predicted molar refractivity (Wildman–Crippen MR) is 88.0 cm³/mol. The van der Waals surface area contributed by atoms with Gasteiger partial charge in [0.15, 0.2) is 11.4 Å². The van der Waals surface area contributed by atoms with Crippen molar-refractivity contribution in [1.82, 2.24) is 10.3 Å². The Hall–Kier alpha value is -2.85. The van der Waals surface area contributed by atoms with E-state index in [9.17, 15) is 4.79 Å². The van der Waals surface area contributed by atoms with Crippen LogP contribution < -0.4 is 10.6 Å². The number of aliphatic imine (C=N–C) groups is 1. The molecule has 0 aliphatic heterocycles. The van der Waals surface area contributed by atoms with Crippen LogP contribution in [0.1, 0.15) is 10.5 Å². The van der Waals surface area contributed by atoms with E-state index in [1.165, 1.54) is 11.8 Å². The highest BCUT2D eigenvalue weighted by molar-refractivity contribution is 8.13. The first kappa shape index (κ1) is 15.5. The number of amides is 1. The van der Waals surface area contributed by atoms with Crippen LogP contribution >= 0.6 is 11.8 Å². The van der Waals surface area contributed by atoms with Gasteiger partial charge in [-0.25, -0.2) is 4.99 Å². The number of hydrogen-bond acceptors (Lipinski definition) is 5. The SMILES string of the molecule is CSC(=Nc1cccc(NC(=O)c2ccccn2)c1)NC#N. The molecule has 2 aromatic rings. The summed E-state index contributed by atoms with van der Waals surface area (Å²) in [6.45, 7) is 0. The van der Waals surface area contributed by atoms with Crippen molar-refractivity contribution in [2.75, 3.05) is 11.6 Å². The molecule has 0 aliphatic carbocycles. The van der Waals surface area contributed by atoms with Crippen LogP contribution in [0.3, 0.4) is 0 Å². The van der Waals surface area contributed by atoms with E-state index in [0.29, 0.717) is 22.2 Å². The van der Waals surface area contributed by atoms with Gasteiger partial charge >= 0.3 is 0 Å². The van der Waals surface area contributed by atoms with E-state index in [2.05, 4.69) is 20.6 Å². The third-order valence-corrected chi connectivity index (χ3v) is 3.17. The molecule has 110 valence electrons. The number of pyridine rings is 1. The maximum Gasteiger partial charge on any atom is 0.274 e. The summed E-state index contributed by atoms with van der Waals surface area (Å²) in [4.78, 5) is 20.3. The van der Waals surface area contributed by atoms with Crippen LogP contribution in [0.25, 0.3) is 0 Å². The highest BCUT2D eigenvalue weighted by Crippen LogP contribution is 2.19. The zero-order chi connectivity index (χ0) is 15.8. The lowest BCUT2D eigenvalue weighted by Gasteiger charge is -2.06. The Bertz CT molecular complexity index is 724. The van der Waals surface area contributed by atoms with Gasteiger partial charge in [-0.15, -0.1) is 0 Å². The summed E-state index contributed by atoms with van der Waals surface area (Å²) in [5, 5.41) is 14.4. The van der Waals surface area contributed by atoms with Crippen LogP contribution in [0.5, 0.6) is 0 Å². The Balaban J connectivity index is 2.15. The number of benzene rings is 1. The number of amidine groups is 1. The summed E-state index contributed by atoms with van der Waals surface area (Å²) in [5.74, 6) is -0.290. The van der Waals surface area contributed by atoms with Crippen molar-refractivity contribution in [3.05, 3.63) is 54.4 Å². The molecule has 0 aliphatic rings. The second kappa shape index (κ2) is 7.81. The number of anilines is 1. The molecule has 0 bridgehead atoms. The number of carbonyl (C=O) groups is 1. The van der Waals surface area contributed by atoms with Crippen LogP contribution in [-0.2, 0) is 0 Å². The molecule has 1 amide bonds. The Morgan fingerprint density at radius 1 is 1.32 bits per heavy atom. The Kier molecular flexibility index (Phi) is 5.51. The molecule has 2 rings (SSSR count). The smallest absolute Gasteiger partial charge is 0.274 e. The topological polar surface area (TPSA) is 90.2 Å². The summed E-state index contributed by atoms with van der Waals surface area (Å²) in [5.41, 5.74) is 1.58. The van der Waals surface area contributed by atoms with Crippen molar-refractivity contribution in [3.63, 3.8) is 0 Å². The molecule has 0 unspecified atom stereocenters. The number of hydrogen-bond donors (Lipinski definition) is 2. The average molecular weight is 311 g/mol. The van der Waals surface area contributed by atoms with E-state index in [4.69, 9.17) is 5.26 Å². The zero-order valence-electron chi connectivity index (χ0n) is 11.8. The molecule has 0 spiro atoms. The van der Waals surface area contributed by atoms with Gasteiger partial charge in [-0.3, -0.25) is 15.1 Å². The first-order valence-electron chi connectivity index (χ1n) is 6.33. The van der Waals surface area contributed by atoms with Gasteiger partial charge in [0.1, 0.15) is 5.69 Å². The minimum absolute atomic E-state index is 0.290. The average Bonchev–Trinajstić information content (AvgIpc) is 2.55. The third-order valence-electron chi connectivity index (χ3n) is 2.59. The second-order valence-electron chi connectivity index (χ2n) is 4.08. The molecule has 0 radical (unpaired) electrons. The van der Waals surface area contributed by atoms with Gasteiger partial charge in [-0.2, -0.15) is 5.26 Å². The first-order chi connectivity index (χ1) is 10.7. The fourth-order valence-corrected chi connectivity index (χ4v) is 1.98. The number of nitriles is 1. The summed E-state index contributed by atoms with van der Waals surface area (Å²) >= 11 is 1.33. The lowest BCUT2D eigenvalue weighted by atomic mass is 10.2. The zero-order valence-corrected chi connectivity index (χ0v) is 12.6. The molecule has 0 atom stereocenters. The predicted octanol–water partition coefficient (Wildman–Crippen LogP) is 2.76. The van der Waals surface area contributed by atoms with Crippen molar-refractivity contribution in [3.8, 4) is 6.19 Å². The number of rotatable bonds is 3. The number of thioether (sulfide) groups is 1. The summed E-state index contributed by atoms with van der Waals surface area (Å²) in [6.07, 6.45) is 5.21. The quantitative estimate of drug-likeness (QED) is 0.394. The molecule has 6 nitrogen and oxygen atoms in total. The monoisotopic (exact) mass is 311 g/mol. The standard InChI is InChI=1S/C15H13N5OS/c1-22-15(18-10-16)20-12-6-4-5-11(9-12)19-14(21)13-7-2-3-8-17-13/h2-9H,1H3,(H,18,20)(H,19,21). The fraction of sp³-hybridized carbons (Fsp3) is 0.0667. The van der Waals surface area contributed by atoms with Crippen LogP contribution in [0.4, 0.5) is 11.4 Å². The van der Waals surface area contributed by atoms with Crippen LogP contribution in [0, 0.1) is 11.5 Å². The molecule has 1 heterocycles. The summed E-state index contributed by atoms with van der Waals surface area (Å²) in [6, 6.07) is 12.2. The number of carbonyl (C=O) groups excluding carboxylic acids is 1. The lowest BCUT2D eigenvalue weighted by molar-refractivity contribution is 0.102. The molecule has 1 aromatic carbocycles. The Morgan fingerprint density at radius 3 is 2.86 bits per heavy atom. The summed E-state index contributed by atoms with van der Waals surface area (Å²) < 4.78 is 0. The maximum atomic E-state index is 12.0. The molecule has 2 N–H and O–H groups in total. The second-order valence-corrected chi connectivity index (χ2v) is 4.87. The largest absolute Gasteiger partial charge is 0.321 e. The van der Waals surface area contributed by atoms with Crippen molar-refractivity contribution in [2.24, 2.45) is 4.99 Å². The van der Waals surface area contributed by atoms with Gasteiger partial charge in [-0.05, 0) is 36.6 Å². The van der Waals surface area contributed by atoms with E-state index < -0.39 is 0 Å². The van der Waals surface area contributed by atoms with E-state index in [-0.39, 0.29) is 5.91 Å². The number of nitrogens with zero attached hydrogens (tertiary/aromatic N) is 3. The van der Waals surface area contributed by atoms with Gasteiger partial charge in [-0.1, -0.05) is 23.9 Å². The Labute approximate surface area is 132 Å². The van der Waals surface area contributed by atoms with Gasteiger partial charge < -0.3 is 5.32 Å². The maximum absolute atomic E-state index is 12.0. The molecule has 0 saturated heterocycles. The first-order valence-corrected chi connectivity index (χ1v) is 7.55. The molecule has 22 heavy (non-hydrogen) atoms. The van der Waals surface area contributed by atoms with Gasteiger partial charge in [0, 0.05) is 11.9 Å². The van der Waals surface area contributed by atoms with Crippen LogP contribution in [0.2, 0.25) is 0 Å². The van der Waals surface area contributed by atoms with Gasteiger partial charge in [0.05, 0.1) is 5.69 Å². The molecule has 1 aromatic heterocycles. The minimum Gasteiger partial charge on any atom is -0.321 e. The molecule has 0 saturated carbocycles.